The largest absolute Gasteiger partial charge is 3.00 e. The standard InChI is InChI=1S/6CN.4K.H2O.Ru/c6*1-2;;;;;;/h;;;;;;;;;;1H2;/q6*-1;4*+1;;+3. The van der Waals surface area contributed by atoms with E-state index in [0.29, 0.717) is 0 Å². The van der Waals surface area contributed by atoms with Gasteiger partial charge in [0.25, 0.3) is 0 Å². The van der Waals surface area contributed by atoms with Crippen molar-refractivity contribution in [2.24, 2.45) is 0 Å². The van der Waals surface area contributed by atoms with Crippen LogP contribution in [0.4, 0.5) is 0 Å². The van der Waals surface area contributed by atoms with E-state index in [4.69, 9.17) is 71.0 Å². The van der Waals surface area contributed by atoms with E-state index < -0.39 is 0 Å². The summed E-state index contributed by atoms with van der Waals surface area (Å²) < 4.78 is 0. The molecule has 0 amide bonds. The van der Waals surface area contributed by atoms with Crippen molar-refractivity contribution in [3.8, 4) is 0 Å². The Kier molecular flexibility index (Phi) is 2750. The molecular formula is C6H2K4N6ORu+. The molecule has 0 aliphatic rings. The van der Waals surface area contributed by atoms with Crippen molar-refractivity contribution in [2.75, 3.05) is 0 Å². The predicted octanol–water partition coefficient (Wildman–Crippen LogP) is -12.2. The summed E-state index contributed by atoms with van der Waals surface area (Å²) in [7, 11) is 0. The fourth-order valence-electron chi connectivity index (χ4n) is 0. The van der Waals surface area contributed by atoms with Crippen molar-refractivity contribution >= 4 is 0 Å². The van der Waals surface area contributed by atoms with Crippen molar-refractivity contribution in [1.29, 1.82) is 31.6 Å². The van der Waals surface area contributed by atoms with Gasteiger partial charge < -0.3 is 76.5 Å². The third kappa shape index (κ3) is 441. The van der Waals surface area contributed by atoms with E-state index in [1.54, 1.807) is 0 Å². The van der Waals surface area contributed by atoms with Crippen LogP contribution in [0.3, 0.4) is 0 Å². The number of nitrogens with zero attached hydrogens (tertiary/aromatic N) is 6. The third-order valence-corrected chi connectivity index (χ3v) is 0. The summed E-state index contributed by atoms with van der Waals surface area (Å²) in [6, 6.07) is 0. The molecule has 0 aromatic rings. The molecule has 0 aromatic carbocycles. The van der Waals surface area contributed by atoms with Crippen LogP contribution in [-0.4, -0.2) is 5.48 Å². The summed E-state index contributed by atoms with van der Waals surface area (Å²) >= 11 is 0. The van der Waals surface area contributed by atoms with E-state index in [2.05, 4.69) is 0 Å². The average Bonchev–Trinajstić information content (AvgIpc) is 2.33. The van der Waals surface area contributed by atoms with E-state index in [0.717, 1.165) is 0 Å². The van der Waals surface area contributed by atoms with Gasteiger partial charge >= 0.3 is 225 Å². The van der Waals surface area contributed by atoms with Crippen LogP contribution in [0.25, 0.3) is 0 Å². The minimum absolute atomic E-state index is 0. The molecule has 12 heteroatoms. The molecule has 0 heterocycles. The van der Waals surface area contributed by atoms with E-state index >= 15 is 0 Å². The van der Waals surface area contributed by atoms with E-state index in [1.165, 1.54) is 0 Å². The van der Waals surface area contributed by atoms with Crippen LogP contribution in [0.15, 0.2) is 0 Å². The third-order valence-electron chi connectivity index (χ3n) is 0. The molecule has 0 fully saturated rings. The zero-order valence-corrected chi connectivity index (χ0v) is 24.8. The first kappa shape index (κ1) is 96.6. The van der Waals surface area contributed by atoms with Crippen LogP contribution in [0.2, 0.25) is 0 Å². The first-order chi connectivity index (χ1) is 6.00. The molecule has 1 radical (unpaired) electrons. The minimum Gasteiger partial charge on any atom is -0.512 e. The summed E-state index contributed by atoms with van der Waals surface area (Å²) in [6.45, 7) is 28.5. The van der Waals surface area contributed by atoms with Crippen LogP contribution < -0.4 is 206 Å². The van der Waals surface area contributed by atoms with E-state index in [9.17, 15) is 0 Å². The van der Waals surface area contributed by atoms with Crippen molar-refractivity contribution in [1.82, 2.24) is 0 Å². The first-order valence-electron chi connectivity index (χ1n) is 1.34. The maximum absolute atomic E-state index is 6.25. The molecule has 7 nitrogen and oxygen atoms in total. The smallest absolute Gasteiger partial charge is 0.512 e. The second kappa shape index (κ2) is 513. The Morgan fingerprint density at radius 2 is 0.333 bits per heavy atom. The van der Waals surface area contributed by atoms with Gasteiger partial charge in [-0.1, -0.05) is 0 Å². The molecule has 2 N–H and O–H groups in total. The van der Waals surface area contributed by atoms with Crippen LogP contribution in [-0.2, 0) is 19.5 Å². The Bertz CT molecular complexity index is 111. The average molecular weight is 432 g/mol. The molecule has 18 heavy (non-hydrogen) atoms. The van der Waals surface area contributed by atoms with Gasteiger partial charge in [-0.25, -0.2) is 0 Å². The maximum atomic E-state index is 6.25. The zero-order chi connectivity index (χ0) is 12.0. The van der Waals surface area contributed by atoms with Crippen LogP contribution in [0, 0.1) is 71.0 Å². The van der Waals surface area contributed by atoms with Crippen LogP contribution in [0.5, 0.6) is 0 Å². The van der Waals surface area contributed by atoms with Crippen molar-refractivity contribution < 1.29 is 230 Å². The molecule has 0 aromatic heterocycles. The van der Waals surface area contributed by atoms with Gasteiger partial charge in [0, 0.05) is 0 Å². The van der Waals surface area contributed by atoms with Crippen LogP contribution in [0.1, 0.15) is 0 Å². The van der Waals surface area contributed by atoms with Gasteiger partial charge in [0.1, 0.15) is 0 Å². The normalized spacial score (nSPS) is 0.667. The van der Waals surface area contributed by atoms with Gasteiger partial charge in [0.05, 0.1) is 0 Å². The number of hydrogen-bond acceptors (Lipinski definition) is 6. The number of hydrogen-bond donors (Lipinski definition) is 0. The predicted molar refractivity (Wildman–Crippen MR) is 33.4 cm³/mol. The van der Waals surface area contributed by atoms with Crippen molar-refractivity contribution in [3.63, 3.8) is 0 Å². The molecule has 0 spiro atoms. The number of rotatable bonds is 0. The molecule has 0 unspecified atom stereocenters. The summed E-state index contributed by atoms with van der Waals surface area (Å²) in [5.74, 6) is 0. The Morgan fingerprint density at radius 3 is 0.333 bits per heavy atom. The Morgan fingerprint density at radius 1 is 0.333 bits per heavy atom. The van der Waals surface area contributed by atoms with Gasteiger partial charge in [0.2, 0.25) is 0 Å². The Hall–Kier alpha value is 4.07. The van der Waals surface area contributed by atoms with Gasteiger partial charge in [-0.3, -0.25) is 0 Å². The Balaban J connectivity index is -0.00000000225. The van der Waals surface area contributed by atoms with E-state index in [1.807, 2.05) is 0 Å². The van der Waals surface area contributed by atoms with E-state index in [-0.39, 0.29) is 230 Å². The van der Waals surface area contributed by atoms with Crippen molar-refractivity contribution in [3.05, 3.63) is 39.4 Å². The van der Waals surface area contributed by atoms with Gasteiger partial charge in [-0.2, -0.15) is 0 Å². The molecule has 0 saturated carbocycles. The molecular weight excluding hydrogens is 430 g/mol. The molecule has 73 valence electrons. The van der Waals surface area contributed by atoms with Crippen molar-refractivity contribution in [2.45, 2.75) is 0 Å². The molecule has 0 saturated heterocycles. The van der Waals surface area contributed by atoms with Gasteiger partial charge in [-0.05, 0) is 0 Å². The monoisotopic (exact) mass is 432 g/mol. The molecule has 0 atom stereocenters. The van der Waals surface area contributed by atoms with Gasteiger partial charge in [-0.15, -0.1) is 0 Å². The summed E-state index contributed by atoms with van der Waals surface area (Å²) in [4.78, 5) is 0. The van der Waals surface area contributed by atoms with Gasteiger partial charge in [0.15, 0.2) is 0 Å². The fraction of sp³-hybridized carbons (Fsp3) is 0. The minimum atomic E-state index is 0. The summed E-state index contributed by atoms with van der Waals surface area (Å²) in [6.07, 6.45) is 0. The second-order valence-corrected chi connectivity index (χ2v) is 0. The second-order valence-electron chi connectivity index (χ2n) is 0. The SMILES string of the molecule is O.[C-]#N.[C-]#N.[C-]#N.[C-]#N.[C-]#N.[C-]#N.[K+].[K+].[K+].[K+].[Ru+3]. The first-order valence-corrected chi connectivity index (χ1v) is 1.34. The molecule has 0 rings (SSSR count). The quantitative estimate of drug-likeness (QED) is 0.272. The fourth-order valence-corrected chi connectivity index (χ4v) is 0. The maximum Gasteiger partial charge on any atom is 3.00 e. The molecule has 0 bridgehead atoms. The molecule has 0 aliphatic heterocycles. The summed E-state index contributed by atoms with van der Waals surface area (Å²) in [5.41, 5.74) is 0. The summed E-state index contributed by atoms with van der Waals surface area (Å²) in [5, 5.41) is 37.5. The zero-order valence-electron chi connectivity index (χ0n) is 10.5. The van der Waals surface area contributed by atoms with Crippen LogP contribution >= 0.6 is 0 Å². The molecule has 0 aliphatic carbocycles. The Labute approximate surface area is 292 Å². The topological polar surface area (TPSA) is 174 Å².